The fourth-order valence-corrected chi connectivity index (χ4v) is 6.65. The summed E-state index contributed by atoms with van der Waals surface area (Å²) in [5, 5.41) is 0. The van der Waals surface area contributed by atoms with Crippen LogP contribution in [0.1, 0.15) is 11.1 Å². The van der Waals surface area contributed by atoms with Gasteiger partial charge in [-0.2, -0.15) is 8.62 Å². The maximum Gasteiger partial charge on any atom is 0.536 e. The second kappa shape index (κ2) is 8.36. The molecule has 0 spiro atoms. The minimum atomic E-state index is -5.62. The molecule has 2 unspecified atom stereocenters. The van der Waals surface area contributed by atoms with E-state index in [0.29, 0.717) is 17.5 Å². The van der Waals surface area contributed by atoms with E-state index in [1.54, 1.807) is 36.4 Å². The smallest absolute Gasteiger partial charge is 0.403 e. The first-order valence-corrected chi connectivity index (χ1v) is 13.6. The van der Waals surface area contributed by atoms with Crippen molar-refractivity contribution in [3.05, 3.63) is 77.9 Å². The van der Waals surface area contributed by atoms with Gasteiger partial charge in [0.2, 0.25) is 0 Å². The Bertz CT molecular complexity index is 1320. The van der Waals surface area contributed by atoms with Gasteiger partial charge in [-0.05, 0) is 40.3 Å². The first-order valence-electron chi connectivity index (χ1n) is 9.07. The highest BCUT2D eigenvalue weighted by molar-refractivity contribution is 7.66. The third kappa shape index (κ3) is 5.11. The third-order valence-electron chi connectivity index (χ3n) is 4.64. The second-order valence-electron chi connectivity index (χ2n) is 6.85. The number of benzene rings is 3. The molecule has 0 saturated heterocycles. The Balaban J connectivity index is 1.75. The summed E-state index contributed by atoms with van der Waals surface area (Å²) >= 11 is 0. The molecule has 10 nitrogen and oxygen atoms in total. The predicted molar refractivity (Wildman–Crippen MR) is 115 cm³/mol. The molecule has 0 aromatic heterocycles. The van der Waals surface area contributed by atoms with Gasteiger partial charge < -0.3 is 19.2 Å². The summed E-state index contributed by atoms with van der Waals surface area (Å²) in [7, 11) is -16.5. The third-order valence-corrected chi connectivity index (χ3v) is 8.40. The van der Waals surface area contributed by atoms with Gasteiger partial charge in [-0.1, -0.05) is 60.7 Å². The van der Waals surface area contributed by atoms with Gasteiger partial charge in [-0.15, -0.1) is 0 Å². The van der Waals surface area contributed by atoms with Crippen LogP contribution in [0.25, 0.3) is 22.3 Å². The molecule has 32 heavy (non-hydrogen) atoms. The molecule has 13 heteroatoms. The first-order chi connectivity index (χ1) is 14.9. The molecule has 3 aromatic rings. The Morgan fingerprint density at radius 3 is 2.03 bits per heavy atom. The Morgan fingerprint density at radius 1 is 0.688 bits per heavy atom. The summed E-state index contributed by atoms with van der Waals surface area (Å²) in [5.74, 6) is -0.121. The highest BCUT2D eigenvalue weighted by atomic mass is 31.3. The van der Waals surface area contributed by atoms with E-state index in [1.165, 1.54) is 6.07 Å². The van der Waals surface area contributed by atoms with E-state index >= 15 is 0 Å². The SMILES string of the molecule is O=P(O)(O)OP(=O)(O)OP(=O)(O)Oc1ccc2c(c1-c1ccccc1)Cc1ccccc1-2. The van der Waals surface area contributed by atoms with Crippen molar-refractivity contribution in [1.29, 1.82) is 0 Å². The number of fused-ring (bicyclic) bond motifs is 3. The molecule has 4 N–H and O–H groups in total. The van der Waals surface area contributed by atoms with Crippen LogP contribution in [-0.4, -0.2) is 19.6 Å². The highest BCUT2D eigenvalue weighted by Gasteiger charge is 2.42. The van der Waals surface area contributed by atoms with Gasteiger partial charge in [-0.3, -0.25) is 4.89 Å². The number of hydrogen-bond donors (Lipinski definition) is 4. The quantitative estimate of drug-likeness (QED) is 0.265. The lowest BCUT2D eigenvalue weighted by molar-refractivity contribution is 0.207. The first kappa shape index (κ1) is 23.1. The average molecular weight is 498 g/mol. The van der Waals surface area contributed by atoms with Crippen molar-refractivity contribution in [2.24, 2.45) is 0 Å². The molecule has 0 bridgehead atoms. The lowest BCUT2D eigenvalue weighted by Gasteiger charge is -2.20. The largest absolute Gasteiger partial charge is 0.536 e. The second-order valence-corrected chi connectivity index (χ2v) is 11.2. The molecule has 3 aromatic carbocycles. The van der Waals surface area contributed by atoms with Gasteiger partial charge in [0, 0.05) is 5.56 Å². The van der Waals surface area contributed by atoms with E-state index in [4.69, 9.17) is 14.3 Å². The Morgan fingerprint density at radius 2 is 1.34 bits per heavy atom. The van der Waals surface area contributed by atoms with Crippen LogP contribution in [0.2, 0.25) is 0 Å². The van der Waals surface area contributed by atoms with E-state index in [1.807, 2.05) is 24.3 Å². The molecule has 2 atom stereocenters. The summed E-state index contributed by atoms with van der Waals surface area (Å²) in [4.78, 5) is 36.8. The topological polar surface area (TPSA) is 160 Å². The molecule has 4 rings (SSSR count). The Kier molecular flexibility index (Phi) is 6.03. The van der Waals surface area contributed by atoms with Crippen molar-refractivity contribution >= 4 is 23.5 Å². The van der Waals surface area contributed by atoms with Gasteiger partial charge >= 0.3 is 23.5 Å². The van der Waals surface area contributed by atoms with Crippen molar-refractivity contribution in [2.45, 2.75) is 6.42 Å². The number of phosphoric ester groups is 1. The van der Waals surface area contributed by atoms with E-state index in [2.05, 4.69) is 8.62 Å². The number of phosphoric acid groups is 3. The maximum atomic E-state index is 12.4. The van der Waals surface area contributed by atoms with Crippen molar-refractivity contribution in [3.8, 4) is 28.0 Å². The molecule has 0 aliphatic heterocycles. The summed E-state index contributed by atoms with van der Waals surface area (Å²) in [6.45, 7) is 0. The minimum absolute atomic E-state index is 0.121. The predicted octanol–water partition coefficient (Wildman–Crippen LogP) is 4.63. The minimum Gasteiger partial charge on any atom is -0.403 e. The van der Waals surface area contributed by atoms with Crippen molar-refractivity contribution in [2.75, 3.05) is 0 Å². The summed E-state index contributed by atoms with van der Waals surface area (Å²) < 4.78 is 47.7. The van der Waals surface area contributed by atoms with Crippen LogP contribution in [-0.2, 0) is 28.7 Å². The van der Waals surface area contributed by atoms with E-state index < -0.39 is 23.5 Å². The maximum absolute atomic E-state index is 12.4. The van der Waals surface area contributed by atoms with Gasteiger partial charge in [0.1, 0.15) is 5.75 Å². The lowest BCUT2D eigenvalue weighted by atomic mass is 9.95. The molecule has 0 radical (unpaired) electrons. The van der Waals surface area contributed by atoms with Crippen LogP contribution < -0.4 is 4.52 Å². The summed E-state index contributed by atoms with van der Waals surface area (Å²) in [6.07, 6.45) is 0.517. The van der Waals surface area contributed by atoms with E-state index in [9.17, 15) is 23.5 Å². The van der Waals surface area contributed by atoms with E-state index in [-0.39, 0.29) is 5.75 Å². The Labute approximate surface area is 182 Å². The normalized spacial score (nSPS) is 16.5. The van der Waals surface area contributed by atoms with Crippen molar-refractivity contribution < 1.29 is 46.4 Å². The van der Waals surface area contributed by atoms with Crippen LogP contribution in [0.5, 0.6) is 5.75 Å². The van der Waals surface area contributed by atoms with E-state index in [0.717, 1.165) is 22.3 Å². The van der Waals surface area contributed by atoms with Gasteiger partial charge in [0.05, 0.1) is 0 Å². The molecule has 1 aliphatic rings. The van der Waals surface area contributed by atoms with Crippen LogP contribution >= 0.6 is 23.5 Å². The molecule has 0 saturated carbocycles. The fraction of sp³-hybridized carbons (Fsp3) is 0.0526. The molecule has 168 valence electrons. The standard InChI is InChI=1S/C19H17O10P3/c20-30(21,22)28-32(25,26)29-31(23,24)27-18-11-10-16-15-9-5-4-8-14(15)12-17(16)19(18)13-6-2-1-3-7-13/h1-11H,12H2,(H,23,24)(H,25,26)(H2,20,21,22). The number of hydrogen-bond acceptors (Lipinski definition) is 6. The van der Waals surface area contributed by atoms with Crippen LogP contribution in [0.3, 0.4) is 0 Å². The van der Waals surface area contributed by atoms with Crippen LogP contribution in [0.4, 0.5) is 0 Å². The van der Waals surface area contributed by atoms with Crippen molar-refractivity contribution in [3.63, 3.8) is 0 Å². The molecular weight excluding hydrogens is 481 g/mol. The van der Waals surface area contributed by atoms with Crippen molar-refractivity contribution in [1.82, 2.24) is 0 Å². The zero-order valence-corrected chi connectivity index (χ0v) is 18.8. The molecule has 0 amide bonds. The fourth-order valence-electron chi connectivity index (χ4n) is 3.61. The Hall–Kier alpha value is -2.09. The molecule has 0 heterocycles. The zero-order chi connectivity index (χ0) is 23.1. The highest BCUT2D eigenvalue weighted by Crippen LogP contribution is 2.66. The molecule has 0 fully saturated rings. The average Bonchev–Trinajstić information content (AvgIpc) is 3.03. The molecule has 1 aliphatic carbocycles. The molecular formula is C19H17O10P3. The van der Waals surface area contributed by atoms with Gasteiger partial charge in [0.15, 0.2) is 0 Å². The summed E-state index contributed by atoms with van der Waals surface area (Å²) in [6, 6.07) is 19.7. The van der Waals surface area contributed by atoms with Crippen LogP contribution in [0, 0.1) is 0 Å². The van der Waals surface area contributed by atoms with Gasteiger partial charge in [-0.25, -0.2) is 13.7 Å². The lowest BCUT2D eigenvalue weighted by Crippen LogP contribution is -2.01. The summed E-state index contributed by atoms with van der Waals surface area (Å²) in [5.41, 5.74) is 4.90. The van der Waals surface area contributed by atoms with Crippen LogP contribution in [0.15, 0.2) is 66.7 Å². The van der Waals surface area contributed by atoms with Gasteiger partial charge in [0.25, 0.3) is 0 Å². The number of rotatable bonds is 7. The zero-order valence-electron chi connectivity index (χ0n) is 16.1. The monoisotopic (exact) mass is 498 g/mol.